The van der Waals surface area contributed by atoms with Gasteiger partial charge in [-0.3, -0.25) is 9.59 Å². The van der Waals surface area contributed by atoms with Crippen molar-refractivity contribution < 1.29 is 14.0 Å². The van der Waals surface area contributed by atoms with Crippen LogP contribution in [-0.4, -0.2) is 38.1 Å². The highest BCUT2D eigenvalue weighted by Crippen LogP contribution is 2.36. The fourth-order valence-corrected chi connectivity index (χ4v) is 4.99. The van der Waals surface area contributed by atoms with E-state index >= 15 is 0 Å². The van der Waals surface area contributed by atoms with Crippen molar-refractivity contribution >= 4 is 41.0 Å². The number of carbonyl (C=O) groups excluding carboxylic acids is 2. The molecule has 0 saturated carbocycles. The SMILES string of the molecule is Cn1cnnc1SCC(=O)Nc1ccc(C(=O)N[C@H]2CCSc3ccc(F)cc32)cc1. The maximum atomic E-state index is 13.7. The topological polar surface area (TPSA) is 88.9 Å². The van der Waals surface area contributed by atoms with Gasteiger partial charge in [-0.15, -0.1) is 22.0 Å². The number of amides is 2. The smallest absolute Gasteiger partial charge is 0.251 e. The maximum Gasteiger partial charge on any atom is 0.251 e. The lowest BCUT2D eigenvalue weighted by molar-refractivity contribution is -0.113. The monoisotopic (exact) mass is 457 g/mol. The van der Waals surface area contributed by atoms with Gasteiger partial charge in [-0.2, -0.15) is 0 Å². The Hall–Kier alpha value is -2.85. The van der Waals surface area contributed by atoms with E-state index in [4.69, 9.17) is 0 Å². The van der Waals surface area contributed by atoms with E-state index in [0.29, 0.717) is 16.4 Å². The molecule has 2 aromatic carbocycles. The normalized spacial score (nSPS) is 15.2. The Morgan fingerprint density at radius 2 is 2.06 bits per heavy atom. The highest BCUT2D eigenvalue weighted by atomic mass is 32.2. The van der Waals surface area contributed by atoms with Crippen LogP contribution < -0.4 is 10.6 Å². The molecule has 4 rings (SSSR count). The van der Waals surface area contributed by atoms with Crippen molar-refractivity contribution in [2.45, 2.75) is 22.5 Å². The molecule has 10 heteroatoms. The first-order valence-electron chi connectivity index (χ1n) is 9.59. The molecule has 0 radical (unpaired) electrons. The average molecular weight is 458 g/mol. The summed E-state index contributed by atoms with van der Waals surface area (Å²) in [6.45, 7) is 0. The van der Waals surface area contributed by atoms with Gasteiger partial charge in [0.05, 0.1) is 11.8 Å². The van der Waals surface area contributed by atoms with E-state index < -0.39 is 0 Å². The zero-order valence-corrected chi connectivity index (χ0v) is 18.3. The minimum Gasteiger partial charge on any atom is -0.345 e. The number of hydrogen-bond acceptors (Lipinski definition) is 6. The Morgan fingerprint density at radius 3 is 2.81 bits per heavy atom. The summed E-state index contributed by atoms with van der Waals surface area (Å²) >= 11 is 2.96. The molecule has 31 heavy (non-hydrogen) atoms. The van der Waals surface area contributed by atoms with Crippen LogP contribution in [0.3, 0.4) is 0 Å². The van der Waals surface area contributed by atoms with Crippen molar-refractivity contribution in [2.24, 2.45) is 7.05 Å². The fourth-order valence-electron chi connectivity index (χ4n) is 3.19. The van der Waals surface area contributed by atoms with Crippen molar-refractivity contribution in [3.05, 3.63) is 65.7 Å². The highest BCUT2D eigenvalue weighted by molar-refractivity contribution is 7.99. The second-order valence-electron chi connectivity index (χ2n) is 6.98. The summed E-state index contributed by atoms with van der Waals surface area (Å²) < 4.78 is 15.4. The summed E-state index contributed by atoms with van der Waals surface area (Å²) in [5, 5.41) is 14.1. The van der Waals surface area contributed by atoms with Gasteiger partial charge >= 0.3 is 0 Å². The third-order valence-corrected chi connectivity index (χ3v) is 6.91. The third-order valence-electron chi connectivity index (χ3n) is 4.75. The fraction of sp³-hybridized carbons (Fsp3) is 0.238. The molecule has 0 bridgehead atoms. The molecule has 0 saturated heterocycles. The van der Waals surface area contributed by atoms with Crippen molar-refractivity contribution in [3.8, 4) is 0 Å². The number of aromatic nitrogens is 3. The second kappa shape index (κ2) is 9.52. The van der Waals surface area contributed by atoms with Crippen molar-refractivity contribution in [3.63, 3.8) is 0 Å². The van der Waals surface area contributed by atoms with Gasteiger partial charge in [0.15, 0.2) is 5.16 Å². The number of fused-ring (bicyclic) bond motifs is 1. The predicted molar refractivity (Wildman–Crippen MR) is 119 cm³/mol. The summed E-state index contributed by atoms with van der Waals surface area (Å²) in [7, 11) is 1.81. The minimum atomic E-state index is -0.307. The Bertz CT molecular complexity index is 1100. The van der Waals surface area contributed by atoms with Crippen LogP contribution in [0.15, 0.2) is 58.8 Å². The van der Waals surface area contributed by atoms with Crippen molar-refractivity contribution in [1.82, 2.24) is 20.1 Å². The number of hydrogen-bond donors (Lipinski definition) is 2. The highest BCUT2D eigenvalue weighted by Gasteiger charge is 2.23. The Labute approximate surface area is 187 Å². The van der Waals surface area contributed by atoms with E-state index in [-0.39, 0.29) is 29.4 Å². The Morgan fingerprint density at radius 1 is 1.26 bits per heavy atom. The largest absolute Gasteiger partial charge is 0.345 e. The van der Waals surface area contributed by atoms with Crippen LogP contribution >= 0.6 is 23.5 Å². The molecule has 1 aliphatic rings. The number of anilines is 1. The van der Waals surface area contributed by atoms with Gasteiger partial charge < -0.3 is 15.2 Å². The first kappa shape index (κ1) is 21.4. The van der Waals surface area contributed by atoms with E-state index in [1.807, 2.05) is 7.05 Å². The average Bonchev–Trinajstić information content (AvgIpc) is 3.18. The molecule has 0 aliphatic carbocycles. The molecule has 0 unspecified atom stereocenters. The van der Waals surface area contributed by atoms with Gasteiger partial charge in [0.25, 0.3) is 5.91 Å². The van der Waals surface area contributed by atoms with Crippen LogP contribution in [0.1, 0.15) is 28.4 Å². The molecule has 0 fully saturated rings. The lowest BCUT2D eigenvalue weighted by atomic mass is 10.0. The number of rotatable bonds is 6. The molecule has 3 aromatic rings. The number of thioether (sulfide) groups is 2. The van der Waals surface area contributed by atoms with Crippen LogP contribution in [0.2, 0.25) is 0 Å². The number of aryl methyl sites for hydroxylation is 1. The summed E-state index contributed by atoms with van der Waals surface area (Å²) in [6.07, 6.45) is 2.31. The zero-order valence-electron chi connectivity index (χ0n) is 16.7. The minimum absolute atomic E-state index is 0.177. The first-order chi connectivity index (χ1) is 15.0. The van der Waals surface area contributed by atoms with Crippen LogP contribution in [0, 0.1) is 5.82 Å². The van der Waals surface area contributed by atoms with Crippen molar-refractivity contribution in [1.29, 1.82) is 0 Å². The zero-order chi connectivity index (χ0) is 21.8. The quantitative estimate of drug-likeness (QED) is 0.550. The van der Waals surface area contributed by atoms with Crippen molar-refractivity contribution in [2.75, 3.05) is 16.8 Å². The van der Waals surface area contributed by atoms with E-state index in [9.17, 15) is 14.0 Å². The number of nitrogens with one attached hydrogen (secondary N) is 2. The predicted octanol–water partition coefficient (Wildman–Crippen LogP) is 3.65. The second-order valence-corrected chi connectivity index (χ2v) is 9.06. The summed E-state index contributed by atoms with van der Waals surface area (Å²) in [6, 6.07) is 11.1. The van der Waals surface area contributed by atoms with Gasteiger partial charge in [-0.25, -0.2) is 4.39 Å². The van der Waals surface area contributed by atoms with Gasteiger partial charge in [-0.1, -0.05) is 11.8 Å². The van der Waals surface area contributed by atoms with E-state index in [1.54, 1.807) is 53.0 Å². The molecule has 0 spiro atoms. The van der Waals surface area contributed by atoms with Gasteiger partial charge in [-0.05, 0) is 54.4 Å². The van der Waals surface area contributed by atoms with Gasteiger partial charge in [0.2, 0.25) is 5.91 Å². The van der Waals surface area contributed by atoms with Gasteiger partial charge in [0, 0.05) is 28.9 Å². The molecule has 2 amide bonds. The van der Waals surface area contributed by atoms with E-state index in [1.165, 1.54) is 23.9 Å². The summed E-state index contributed by atoms with van der Waals surface area (Å²) in [5.41, 5.74) is 1.89. The maximum absolute atomic E-state index is 13.7. The van der Waals surface area contributed by atoms with E-state index in [2.05, 4.69) is 20.8 Å². The number of benzene rings is 2. The molecule has 1 aromatic heterocycles. The molecule has 1 aliphatic heterocycles. The molecule has 7 nitrogen and oxygen atoms in total. The third kappa shape index (κ3) is 5.26. The molecule has 1 atom stereocenters. The molecule has 2 N–H and O–H groups in total. The Kier molecular flexibility index (Phi) is 6.57. The van der Waals surface area contributed by atoms with Crippen LogP contribution in [0.25, 0.3) is 0 Å². The number of nitrogens with zero attached hydrogens (tertiary/aromatic N) is 3. The number of halogens is 1. The summed E-state index contributed by atoms with van der Waals surface area (Å²) in [4.78, 5) is 25.8. The molecular formula is C21H20FN5O2S2. The Balaban J connectivity index is 1.34. The summed E-state index contributed by atoms with van der Waals surface area (Å²) in [5.74, 6) is 0.343. The lowest BCUT2D eigenvalue weighted by Crippen LogP contribution is -2.30. The standard InChI is InChI=1S/C21H20FN5O2S2/c1-27-12-23-26-21(27)31-11-19(28)24-15-5-2-13(3-6-15)20(29)25-17-8-9-30-18-7-4-14(22)10-16(17)18/h2-7,10,12,17H,8-9,11H2,1H3,(H,24,28)(H,25,29)/t17-/m0/s1. The molecular weight excluding hydrogens is 437 g/mol. The molecule has 2 heterocycles. The van der Waals surface area contributed by atoms with Gasteiger partial charge in [0.1, 0.15) is 12.1 Å². The van der Waals surface area contributed by atoms with E-state index in [0.717, 1.165) is 22.6 Å². The first-order valence-corrected chi connectivity index (χ1v) is 11.6. The lowest BCUT2D eigenvalue weighted by Gasteiger charge is -2.26. The van der Waals surface area contributed by atoms with Crippen LogP contribution in [0.4, 0.5) is 10.1 Å². The number of carbonyl (C=O) groups is 2. The van der Waals surface area contributed by atoms with Crippen LogP contribution in [-0.2, 0) is 11.8 Å². The van der Waals surface area contributed by atoms with Crippen LogP contribution in [0.5, 0.6) is 0 Å². The molecule has 160 valence electrons.